The van der Waals surface area contributed by atoms with Gasteiger partial charge in [0, 0.05) is 25.8 Å². The summed E-state index contributed by atoms with van der Waals surface area (Å²) in [4.78, 5) is 5.60. The van der Waals surface area contributed by atoms with Crippen molar-refractivity contribution in [1.82, 2.24) is 9.55 Å². The maximum atomic E-state index is 12.8. The van der Waals surface area contributed by atoms with Crippen LogP contribution in [-0.2, 0) is 17.1 Å². The Morgan fingerprint density at radius 2 is 1.90 bits per heavy atom. The van der Waals surface area contributed by atoms with Crippen LogP contribution >= 0.6 is 0 Å². The van der Waals surface area contributed by atoms with Crippen molar-refractivity contribution in [2.24, 2.45) is 17.3 Å². The Labute approximate surface area is 162 Å². The number of hydrogen-bond acceptors (Lipinski definition) is 8. The lowest BCUT2D eigenvalue weighted by molar-refractivity contribution is -0.0429. The van der Waals surface area contributed by atoms with Crippen molar-refractivity contribution in [3.8, 4) is 12.1 Å². The largest absolute Gasteiger partial charge is 0.516 e. The number of azo groups is 1. The second kappa shape index (κ2) is 7.06. The van der Waals surface area contributed by atoms with Crippen LogP contribution in [0.25, 0.3) is 0 Å². The molecule has 10 nitrogen and oxygen atoms in total. The summed E-state index contributed by atoms with van der Waals surface area (Å²) >= 11 is 0. The monoisotopic (exact) mass is 424 g/mol. The van der Waals surface area contributed by atoms with Gasteiger partial charge in [-0.3, -0.25) is 4.72 Å². The molecule has 2 aromatic rings. The highest BCUT2D eigenvalue weighted by Gasteiger charge is 2.46. The third-order valence-electron chi connectivity index (χ3n) is 3.87. The molecule has 3 rings (SSSR count). The number of imidazole rings is 1. The average Bonchev–Trinajstić information content (AvgIpc) is 3.44. The van der Waals surface area contributed by atoms with Crippen LogP contribution in [0.15, 0.2) is 28.4 Å². The third-order valence-corrected chi connectivity index (χ3v) is 4.97. The second-order valence-electron chi connectivity index (χ2n) is 5.83. The molecular formula is C15H11F3N8O2S. The lowest BCUT2D eigenvalue weighted by Crippen LogP contribution is -2.29. The van der Waals surface area contributed by atoms with E-state index in [4.69, 9.17) is 10.5 Å². The number of hydrogen-bond donors (Lipinski definition) is 1. The summed E-state index contributed by atoms with van der Waals surface area (Å²) in [5.41, 5.74) is -5.90. The predicted octanol–water partition coefficient (Wildman–Crippen LogP) is 2.66. The van der Waals surface area contributed by atoms with Crippen LogP contribution in [0.1, 0.15) is 11.4 Å². The zero-order chi connectivity index (χ0) is 21.4. The number of anilines is 2. The van der Waals surface area contributed by atoms with Crippen molar-refractivity contribution in [3.05, 3.63) is 29.6 Å². The first kappa shape index (κ1) is 20.1. The number of nitrogens with zero attached hydrogens (tertiary/aromatic N) is 7. The van der Waals surface area contributed by atoms with Crippen molar-refractivity contribution in [3.63, 3.8) is 0 Å². The van der Waals surface area contributed by atoms with Gasteiger partial charge < -0.3 is 9.47 Å². The molecule has 29 heavy (non-hydrogen) atoms. The molecule has 1 aliphatic heterocycles. The molecular weight excluding hydrogens is 413 g/mol. The highest BCUT2D eigenvalue weighted by molar-refractivity contribution is 7.93. The zero-order valence-electron chi connectivity index (χ0n) is 14.6. The van der Waals surface area contributed by atoms with E-state index in [-0.39, 0.29) is 23.0 Å². The Kier molecular flexibility index (Phi) is 4.90. The summed E-state index contributed by atoms with van der Waals surface area (Å²) in [6.07, 6.45) is 0. The number of nitrogens with one attached hydrogen (secondary N) is 1. The van der Waals surface area contributed by atoms with Crippen LogP contribution in [0.3, 0.4) is 0 Å². The SMILES string of the molecule is Cn1c(N=Nc2ccc(N3CC3)cc2NS(=O)(=O)C(F)(F)F)nc(C#N)c1C#N. The van der Waals surface area contributed by atoms with Crippen LogP contribution in [-0.4, -0.2) is 36.6 Å². The molecule has 0 bridgehead atoms. The van der Waals surface area contributed by atoms with Gasteiger partial charge in [0.2, 0.25) is 0 Å². The van der Waals surface area contributed by atoms with E-state index < -0.39 is 21.2 Å². The molecule has 1 saturated heterocycles. The molecule has 0 unspecified atom stereocenters. The molecule has 0 radical (unpaired) electrons. The quantitative estimate of drug-likeness (QED) is 0.578. The molecule has 1 aromatic carbocycles. The minimum atomic E-state index is -5.67. The van der Waals surface area contributed by atoms with Gasteiger partial charge in [-0.05, 0) is 18.2 Å². The van der Waals surface area contributed by atoms with Crippen LogP contribution in [0.5, 0.6) is 0 Å². The molecule has 1 aromatic heterocycles. The molecule has 14 heteroatoms. The second-order valence-corrected chi connectivity index (χ2v) is 7.51. The minimum absolute atomic E-state index is 0.0728. The molecule has 150 valence electrons. The maximum Gasteiger partial charge on any atom is 0.516 e. The number of alkyl halides is 3. The van der Waals surface area contributed by atoms with Gasteiger partial charge in [0.1, 0.15) is 17.8 Å². The first-order valence-corrected chi connectivity index (χ1v) is 9.32. The first-order chi connectivity index (χ1) is 13.6. The Balaban J connectivity index is 2.02. The van der Waals surface area contributed by atoms with Gasteiger partial charge in [-0.25, -0.2) is 0 Å². The standard InChI is InChI=1S/C15H11F3N8O2S/c1-25-13(8-20)12(7-19)21-14(25)23-22-10-3-2-9(26-4-5-26)6-11(10)24-29(27,28)15(16,17)18/h2-3,6,24H,4-5H2,1H3. The van der Waals surface area contributed by atoms with E-state index in [1.165, 1.54) is 28.5 Å². The smallest absolute Gasteiger partial charge is 0.368 e. The Hall–Kier alpha value is -3.65. The van der Waals surface area contributed by atoms with Gasteiger partial charge in [-0.15, -0.1) is 10.2 Å². The van der Waals surface area contributed by atoms with Crippen molar-refractivity contribution < 1.29 is 21.6 Å². The summed E-state index contributed by atoms with van der Waals surface area (Å²) in [5, 5.41) is 25.5. The Morgan fingerprint density at radius 1 is 1.21 bits per heavy atom. The fraction of sp³-hybridized carbons (Fsp3) is 0.267. The molecule has 0 spiro atoms. The van der Waals surface area contributed by atoms with E-state index in [2.05, 4.69) is 15.2 Å². The van der Waals surface area contributed by atoms with Crippen LogP contribution in [0.4, 0.5) is 36.2 Å². The summed E-state index contributed by atoms with van der Waals surface area (Å²) in [6.45, 7) is 1.38. The van der Waals surface area contributed by atoms with Crippen LogP contribution in [0.2, 0.25) is 0 Å². The van der Waals surface area contributed by atoms with Crippen LogP contribution < -0.4 is 9.62 Å². The summed E-state index contributed by atoms with van der Waals surface area (Å²) in [7, 11) is -4.27. The van der Waals surface area contributed by atoms with Crippen molar-refractivity contribution in [2.75, 3.05) is 22.7 Å². The molecule has 1 fully saturated rings. The van der Waals surface area contributed by atoms with Gasteiger partial charge in [0.15, 0.2) is 11.4 Å². The number of aromatic nitrogens is 2. The van der Waals surface area contributed by atoms with Gasteiger partial charge in [-0.2, -0.15) is 37.1 Å². The summed E-state index contributed by atoms with van der Waals surface area (Å²) < 4.78 is 64.0. The normalized spacial score (nSPS) is 13.9. The number of benzene rings is 1. The highest BCUT2D eigenvalue weighted by Crippen LogP contribution is 2.36. The van der Waals surface area contributed by atoms with Crippen molar-refractivity contribution in [1.29, 1.82) is 10.5 Å². The molecule has 0 saturated carbocycles. The fourth-order valence-corrected chi connectivity index (χ4v) is 2.85. The molecule has 0 aliphatic carbocycles. The van der Waals surface area contributed by atoms with Gasteiger partial charge >= 0.3 is 15.5 Å². The summed E-state index contributed by atoms with van der Waals surface area (Å²) in [6, 6.07) is 7.54. The highest BCUT2D eigenvalue weighted by atomic mass is 32.2. The molecule has 2 heterocycles. The van der Waals surface area contributed by atoms with E-state index in [0.717, 1.165) is 0 Å². The number of halogens is 3. The van der Waals surface area contributed by atoms with E-state index in [0.29, 0.717) is 18.8 Å². The Morgan fingerprint density at radius 3 is 2.41 bits per heavy atom. The number of sulfonamides is 1. The van der Waals surface area contributed by atoms with Crippen LogP contribution in [0, 0.1) is 22.7 Å². The minimum Gasteiger partial charge on any atom is -0.368 e. The topological polar surface area (TPSA) is 139 Å². The van der Waals surface area contributed by atoms with E-state index in [9.17, 15) is 21.6 Å². The molecule has 1 aliphatic rings. The Bertz CT molecular complexity index is 1180. The lowest BCUT2D eigenvalue weighted by atomic mass is 10.2. The zero-order valence-corrected chi connectivity index (χ0v) is 15.5. The molecule has 1 N–H and O–H groups in total. The van der Waals surface area contributed by atoms with Crippen molar-refractivity contribution >= 4 is 33.0 Å². The lowest BCUT2D eigenvalue weighted by Gasteiger charge is -2.13. The van der Waals surface area contributed by atoms with Gasteiger partial charge in [0.05, 0.1) is 5.69 Å². The van der Waals surface area contributed by atoms with Gasteiger partial charge in [0.25, 0.3) is 5.95 Å². The number of nitriles is 2. The average molecular weight is 424 g/mol. The number of rotatable bonds is 5. The summed E-state index contributed by atoms with van der Waals surface area (Å²) in [5.74, 6) is -0.155. The fourth-order valence-electron chi connectivity index (χ4n) is 2.28. The van der Waals surface area contributed by atoms with E-state index >= 15 is 0 Å². The van der Waals surface area contributed by atoms with Crippen molar-refractivity contribution in [2.45, 2.75) is 5.51 Å². The van der Waals surface area contributed by atoms with E-state index in [1.54, 1.807) is 23.1 Å². The molecule has 0 amide bonds. The maximum absolute atomic E-state index is 12.8. The van der Waals surface area contributed by atoms with E-state index in [1.807, 2.05) is 0 Å². The first-order valence-electron chi connectivity index (χ1n) is 7.84. The molecule has 0 atom stereocenters. The third kappa shape index (κ3) is 3.97. The predicted molar refractivity (Wildman–Crippen MR) is 94.1 cm³/mol. The van der Waals surface area contributed by atoms with Gasteiger partial charge in [-0.1, -0.05) is 0 Å².